The molecule has 0 radical (unpaired) electrons. The molecule has 6 heteroatoms. The molecule has 0 fully saturated rings. The quantitative estimate of drug-likeness (QED) is 0.767. The molecular formula is C15H20N2O4. The Balaban J connectivity index is 2.87. The van der Waals surface area contributed by atoms with Gasteiger partial charge in [0.1, 0.15) is 6.04 Å². The number of esters is 1. The summed E-state index contributed by atoms with van der Waals surface area (Å²) in [5, 5.41) is 2.58. The topological polar surface area (TPSA) is 98.5 Å². The highest BCUT2D eigenvalue weighted by molar-refractivity contribution is 5.99. The van der Waals surface area contributed by atoms with Gasteiger partial charge in [0.05, 0.1) is 12.7 Å². The number of methoxy groups -OCH3 is 1. The summed E-state index contributed by atoms with van der Waals surface area (Å²) in [6, 6.07) is 5.34. The Morgan fingerprint density at radius 2 is 1.86 bits per heavy atom. The van der Waals surface area contributed by atoms with Gasteiger partial charge in [0.25, 0.3) is 5.91 Å². The predicted molar refractivity (Wildman–Crippen MR) is 77.7 cm³/mol. The van der Waals surface area contributed by atoms with Crippen LogP contribution >= 0.6 is 0 Å². The minimum absolute atomic E-state index is 0.212. The van der Waals surface area contributed by atoms with Crippen LogP contribution in [-0.2, 0) is 9.53 Å². The van der Waals surface area contributed by atoms with E-state index in [0.29, 0.717) is 6.42 Å². The number of rotatable bonds is 6. The van der Waals surface area contributed by atoms with Crippen LogP contribution in [0.1, 0.15) is 41.0 Å². The SMILES string of the molecule is COC(=O)c1cccc(C(=O)N[C@H](CC(C)C)C(N)=O)c1. The first-order valence-electron chi connectivity index (χ1n) is 6.63. The molecule has 1 atom stereocenters. The smallest absolute Gasteiger partial charge is 0.337 e. The van der Waals surface area contributed by atoms with E-state index in [1.54, 1.807) is 18.2 Å². The first kappa shape index (κ1) is 16.7. The number of carbonyl (C=O) groups is 3. The maximum atomic E-state index is 12.1. The van der Waals surface area contributed by atoms with Crippen molar-refractivity contribution >= 4 is 17.8 Å². The van der Waals surface area contributed by atoms with Crippen molar-refractivity contribution < 1.29 is 19.1 Å². The zero-order chi connectivity index (χ0) is 16.0. The van der Waals surface area contributed by atoms with Gasteiger partial charge in [-0.25, -0.2) is 4.79 Å². The summed E-state index contributed by atoms with van der Waals surface area (Å²) in [5.74, 6) is -1.35. The fourth-order valence-electron chi connectivity index (χ4n) is 1.86. The number of ether oxygens (including phenoxy) is 1. The lowest BCUT2D eigenvalue weighted by Gasteiger charge is -2.17. The van der Waals surface area contributed by atoms with Crippen molar-refractivity contribution in [2.75, 3.05) is 7.11 Å². The van der Waals surface area contributed by atoms with Crippen LogP contribution < -0.4 is 11.1 Å². The van der Waals surface area contributed by atoms with Crippen LogP contribution in [0.3, 0.4) is 0 Å². The van der Waals surface area contributed by atoms with Crippen LogP contribution in [0.4, 0.5) is 0 Å². The largest absolute Gasteiger partial charge is 0.465 e. The van der Waals surface area contributed by atoms with Crippen LogP contribution in [0, 0.1) is 5.92 Å². The average molecular weight is 292 g/mol. The first-order valence-corrected chi connectivity index (χ1v) is 6.63. The van der Waals surface area contributed by atoms with Gasteiger partial charge in [0, 0.05) is 5.56 Å². The van der Waals surface area contributed by atoms with Gasteiger partial charge >= 0.3 is 5.97 Å². The van der Waals surface area contributed by atoms with Gasteiger partial charge in [0.2, 0.25) is 5.91 Å². The zero-order valence-corrected chi connectivity index (χ0v) is 12.4. The van der Waals surface area contributed by atoms with Crippen molar-refractivity contribution in [3.05, 3.63) is 35.4 Å². The highest BCUT2D eigenvalue weighted by Crippen LogP contribution is 2.09. The number of carbonyl (C=O) groups excluding carboxylic acids is 3. The first-order chi connectivity index (χ1) is 9.85. The lowest BCUT2D eigenvalue weighted by Crippen LogP contribution is -2.45. The molecule has 0 aliphatic rings. The van der Waals surface area contributed by atoms with Gasteiger partial charge < -0.3 is 15.8 Å². The van der Waals surface area contributed by atoms with E-state index in [4.69, 9.17) is 5.73 Å². The number of nitrogens with two attached hydrogens (primary N) is 1. The zero-order valence-electron chi connectivity index (χ0n) is 12.4. The molecule has 0 spiro atoms. The molecule has 1 rings (SSSR count). The standard InChI is InChI=1S/C15H20N2O4/c1-9(2)7-12(13(16)18)17-14(19)10-5-4-6-11(8-10)15(20)21-3/h4-6,8-9,12H,7H2,1-3H3,(H2,16,18)(H,17,19)/t12-/m1/s1. The molecule has 3 N–H and O–H groups in total. The molecule has 6 nitrogen and oxygen atoms in total. The number of nitrogens with one attached hydrogen (secondary N) is 1. The van der Waals surface area contributed by atoms with Gasteiger partial charge in [0.15, 0.2) is 0 Å². The van der Waals surface area contributed by atoms with E-state index >= 15 is 0 Å². The molecule has 0 aromatic heterocycles. The van der Waals surface area contributed by atoms with Crippen LogP contribution in [0.15, 0.2) is 24.3 Å². The number of amides is 2. The number of benzene rings is 1. The minimum Gasteiger partial charge on any atom is -0.465 e. The monoisotopic (exact) mass is 292 g/mol. The second-order valence-corrected chi connectivity index (χ2v) is 5.13. The molecule has 0 aliphatic carbocycles. The van der Waals surface area contributed by atoms with Crippen LogP contribution in [-0.4, -0.2) is 30.9 Å². The van der Waals surface area contributed by atoms with Crippen molar-refractivity contribution in [2.45, 2.75) is 26.3 Å². The van der Waals surface area contributed by atoms with Crippen molar-refractivity contribution in [1.82, 2.24) is 5.32 Å². The predicted octanol–water partition coefficient (Wildman–Crippen LogP) is 1.10. The van der Waals surface area contributed by atoms with Gasteiger partial charge in [-0.15, -0.1) is 0 Å². The molecular weight excluding hydrogens is 272 g/mol. The summed E-state index contributed by atoms with van der Waals surface area (Å²) in [5.41, 5.74) is 5.82. The third-order valence-electron chi connectivity index (χ3n) is 2.90. The second kappa shape index (κ2) is 7.42. The van der Waals surface area contributed by atoms with Crippen LogP contribution in [0.25, 0.3) is 0 Å². The Morgan fingerprint density at radius 1 is 1.24 bits per heavy atom. The van der Waals surface area contributed by atoms with E-state index in [0.717, 1.165) is 0 Å². The maximum Gasteiger partial charge on any atom is 0.337 e. The normalized spacial score (nSPS) is 11.8. The third-order valence-corrected chi connectivity index (χ3v) is 2.90. The maximum absolute atomic E-state index is 12.1. The molecule has 0 saturated carbocycles. The minimum atomic E-state index is -0.737. The van der Waals surface area contributed by atoms with E-state index in [-0.39, 0.29) is 17.0 Å². The van der Waals surface area contributed by atoms with Crippen molar-refractivity contribution in [2.24, 2.45) is 11.7 Å². The average Bonchev–Trinajstić information content (AvgIpc) is 2.45. The molecule has 1 aromatic rings. The second-order valence-electron chi connectivity index (χ2n) is 5.13. The molecule has 0 bridgehead atoms. The van der Waals surface area contributed by atoms with Gasteiger partial charge in [-0.1, -0.05) is 19.9 Å². The third kappa shape index (κ3) is 4.91. The van der Waals surface area contributed by atoms with E-state index in [9.17, 15) is 14.4 Å². The number of hydrogen-bond donors (Lipinski definition) is 2. The molecule has 1 aromatic carbocycles. The Labute approximate surface area is 123 Å². The van der Waals surface area contributed by atoms with Crippen molar-refractivity contribution in [1.29, 1.82) is 0 Å². The summed E-state index contributed by atoms with van der Waals surface area (Å²) < 4.78 is 4.60. The Bertz CT molecular complexity index is 540. The Hall–Kier alpha value is -2.37. The molecule has 21 heavy (non-hydrogen) atoms. The lowest BCUT2D eigenvalue weighted by atomic mass is 10.0. The highest BCUT2D eigenvalue weighted by atomic mass is 16.5. The molecule has 0 saturated heterocycles. The summed E-state index contributed by atoms with van der Waals surface area (Å²) in [4.78, 5) is 34.9. The summed E-state index contributed by atoms with van der Waals surface area (Å²) >= 11 is 0. The van der Waals surface area contributed by atoms with Crippen LogP contribution in [0.5, 0.6) is 0 Å². The van der Waals surface area contributed by atoms with E-state index in [1.165, 1.54) is 13.2 Å². The molecule has 0 aliphatic heterocycles. The Kier molecular flexibility index (Phi) is 5.90. The Morgan fingerprint density at radius 3 is 2.38 bits per heavy atom. The number of hydrogen-bond acceptors (Lipinski definition) is 4. The lowest BCUT2D eigenvalue weighted by molar-refractivity contribution is -0.120. The summed E-state index contributed by atoms with van der Waals surface area (Å²) in [6.45, 7) is 3.86. The molecule has 114 valence electrons. The van der Waals surface area contributed by atoms with E-state index in [2.05, 4.69) is 10.1 Å². The number of primary amides is 1. The fourth-order valence-corrected chi connectivity index (χ4v) is 1.86. The summed E-state index contributed by atoms with van der Waals surface area (Å²) in [6.07, 6.45) is 0.456. The highest BCUT2D eigenvalue weighted by Gasteiger charge is 2.20. The molecule has 0 heterocycles. The van der Waals surface area contributed by atoms with Crippen molar-refractivity contribution in [3.8, 4) is 0 Å². The molecule has 0 unspecified atom stereocenters. The van der Waals surface area contributed by atoms with E-state index in [1.807, 2.05) is 13.8 Å². The van der Waals surface area contributed by atoms with E-state index < -0.39 is 23.8 Å². The van der Waals surface area contributed by atoms with Gasteiger partial charge in [-0.3, -0.25) is 9.59 Å². The van der Waals surface area contributed by atoms with Crippen molar-refractivity contribution in [3.63, 3.8) is 0 Å². The van der Waals surface area contributed by atoms with Gasteiger partial charge in [-0.05, 0) is 30.5 Å². The fraction of sp³-hybridized carbons (Fsp3) is 0.400. The molecule has 2 amide bonds. The van der Waals surface area contributed by atoms with Gasteiger partial charge in [-0.2, -0.15) is 0 Å². The summed E-state index contributed by atoms with van der Waals surface area (Å²) in [7, 11) is 1.26. The van der Waals surface area contributed by atoms with Crippen LogP contribution in [0.2, 0.25) is 0 Å².